The molecule has 1 aliphatic rings. The molecule has 0 unspecified atom stereocenters. The molecule has 150 valence electrons. The molecule has 1 N–H and O–H groups in total. The first-order chi connectivity index (χ1) is 13.4. The first-order valence-electron chi connectivity index (χ1n) is 9.67. The Morgan fingerprint density at radius 1 is 1.11 bits per heavy atom. The van der Waals surface area contributed by atoms with E-state index < -0.39 is 0 Å². The van der Waals surface area contributed by atoms with Crippen LogP contribution in [-0.2, 0) is 0 Å². The van der Waals surface area contributed by atoms with Crippen molar-refractivity contribution in [2.45, 2.75) is 6.04 Å². The largest absolute Gasteiger partial charge is 0.378 e. The summed E-state index contributed by atoms with van der Waals surface area (Å²) >= 11 is 6.03. The van der Waals surface area contributed by atoms with Crippen molar-refractivity contribution in [2.75, 3.05) is 58.8 Å². The zero-order valence-electron chi connectivity index (χ0n) is 16.9. The number of carbonyl (C=O) groups excluding carboxylic acids is 1. The number of hydrogen-bond donors (Lipinski definition) is 1. The van der Waals surface area contributed by atoms with E-state index in [0.29, 0.717) is 17.1 Å². The number of carbonyl (C=O) groups is 1. The lowest BCUT2D eigenvalue weighted by molar-refractivity contribution is 0.0886. The molecule has 0 aromatic heterocycles. The molecule has 1 aliphatic heterocycles. The number of nitrogens with one attached hydrogen (secondary N) is 1. The van der Waals surface area contributed by atoms with Crippen LogP contribution in [0.2, 0.25) is 5.02 Å². The SMILES string of the molecule is CN1CCN([C@@H](CNC(=O)c2cccc(Cl)c2)c2ccc(N(C)C)cc2)CC1. The van der Waals surface area contributed by atoms with Crippen molar-refractivity contribution < 1.29 is 4.79 Å². The van der Waals surface area contributed by atoms with Gasteiger partial charge in [0.25, 0.3) is 5.91 Å². The quantitative estimate of drug-likeness (QED) is 0.808. The van der Waals surface area contributed by atoms with Crippen LogP contribution in [0.15, 0.2) is 48.5 Å². The van der Waals surface area contributed by atoms with Gasteiger partial charge in [-0.3, -0.25) is 9.69 Å². The van der Waals surface area contributed by atoms with Crippen LogP contribution in [0.3, 0.4) is 0 Å². The summed E-state index contributed by atoms with van der Waals surface area (Å²) < 4.78 is 0. The summed E-state index contributed by atoms with van der Waals surface area (Å²) in [5.74, 6) is -0.0912. The summed E-state index contributed by atoms with van der Waals surface area (Å²) in [6.45, 7) is 4.62. The first kappa shape index (κ1) is 20.6. The fraction of sp³-hybridized carbons (Fsp3) is 0.409. The summed E-state index contributed by atoms with van der Waals surface area (Å²) in [5, 5.41) is 3.68. The van der Waals surface area contributed by atoms with Gasteiger partial charge in [0.2, 0.25) is 0 Å². The molecule has 28 heavy (non-hydrogen) atoms. The predicted molar refractivity (Wildman–Crippen MR) is 116 cm³/mol. The normalized spacial score (nSPS) is 16.6. The van der Waals surface area contributed by atoms with Gasteiger partial charge in [0.05, 0.1) is 6.04 Å². The molecule has 6 heteroatoms. The molecule has 0 bridgehead atoms. The van der Waals surface area contributed by atoms with Crippen molar-refractivity contribution in [1.82, 2.24) is 15.1 Å². The van der Waals surface area contributed by atoms with E-state index in [2.05, 4.69) is 51.3 Å². The van der Waals surface area contributed by atoms with Gasteiger partial charge in [-0.25, -0.2) is 0 Å². The number of nitrogens with zero attached hydrogens (tertiary/aromatic N) is 3. The highest BCUT2D eigenvalue weighted by Crippen LogP contribution is 2.24. The molecule has 1 saturated heterocycles. The van der Waals surface area contributed by atoms with Crippen LogP contribution in [0.1, 0.15) is 22.0 Å². The van der Waals surface area contributed by atoms with Crippen LogP contribution >= 0.6 is 11.6 Å². The lowest BCUT2D eigenvalue weighted by atomic mass is 10.0. The second-order valence-electron chi connectivity index (χ2n) is 7.56. The van der Waals surface area contributed by atoms with E-state index in [9.17, 15) is 4.79 Å². The number of hydrogen-bond acceptors (Lipinski definition) is 4. The minimum atomic E-state index is -0.0912. The summed E-state index contributed by atoms with van der Waals surface area (Å²) in [6.07, 6.45) is 0. The van der Waals surface area contributed by atoms with Gasteiger partial charge in [0.1, 0.15) is 0 Å². The predicted octanol–water partition coefficient (Wildman–Crippen LogP) is 3.12. The van der Waals surface area contributed by atoms with Gasteiger partial charge < -0.3 is 15.1 Å². The second-order valence-corrected chi connectivity index (χ2v) is 8.00. The van der Waals surface area contributed by atoms with Gasteiger partial charge >= 0.3 is 0 Å². The Bertz CT molecular complexity index is 785. The van der Waals surface area contributed by atoms with Gasteiger partial charge in [-0.05, 0) is 42.9 Å². The van der Waals surface area contributed by atoms with Crippen molar-refractivity contribution in [3.63, 3.8) is 0 Å². The number of amides is 1. The molecule has 5 nitrogen and oxygen atoms in total. The smallest absolute Gasteiger partial charge is 0.251 e. The molecule has 1 atom stereocenters. The maximum atomic E-state index is 12.6. The molecular formula is C22H29ClN4O. The molecule has 1 heterocycles. The third kappa shape index (κ3) is 5.25. The lowest BCUT2D eigenvalue weighted by Gasteiger charge is -2.38. The van der Waals surface area contributed by atoms with Gasteiger partial charge in [0.15, 0.2) is 0 Å². The summed E-state index contributed by atoms with van der Waals surface area (Å²) in [5.41, 5.74) is 2.98. The topological polar surface area (TPSA) is 38.8 Å². The zero-order valence-corrected chi connectivity index (χ0v) is 17.6. The number of anilines is 1. The molecule has 0 aliphatic carbocycles. The summed E-state index contributed by atoms with van der Waals surface area (Å²) in [6, 6.07) is 15.8. The Kier molecular flexibility index (Phi) is 6.94. The van der Waals surface area contributed by atoms with E-state index in [-0.39, 0.29) is 11.9 Å². The van der Waals surface area contributed by atoms with Crippen molar-refractivity contribution >= 4 is 23.2 Å². The molecule has 3 rings (SSSR count). The van der Waals surface area contributed by atoms with Gasteiger partial charge in [-0.1, -0.05) is 29.8 Å². The Morgan fingerprint density at radius 3 is 2.39 bits per heavy atom. The molecule has 2 aromatic rings. The monoisotopic (exact) mass is 400 g/mol. The van der Waals surface area contributed by atoms with Crippen molar-refractivity contribution in [3.8, 4) is 0 Å². The summed E-state index contributed by atoms with van der Waals surface area (Å²) in [7, 11) is 6.23. The fourth-order valence-electron chi connectivity index (χ4n) is 3.51. The van der Waals surface area contributed by atoms with Crippen LogP contribution in [0.4, 0.5) is 5.69 Å². The molecule has 2 aromatic carbocycles. The van der Waals surface area contributed by atoms with Crippen LogP contribution in [0.5, 0.6) is 0 Å². The zero-order chi connectivity index (χ0) is 20.1. The van der Waals surface area contributed by atoms with Crippen molar-refractivity contribution in [3.05, 3.63) is 64.7 Å². The third-order valence-corrected chi connectivity index (χ3v) is 5.55. The Labute approximate surface area is 172 Å². The number of benzene rings is 2. The summed E-state index contributed by atoms with van der Waals surface area (Å²) in [4.78, 5) is 19.5. The van der Waals surface area contributed by atoms with E-state index in [1.54, 1.807) is 24.3 Å². The lowest BCUT2D eigenvalue weighted by Crippen LogP contribution is -2.48. The number of halogens is 1. The number of likely N-dealkylation sites (N-methyl/N-ethyl adjacent to an activating group) is 1. The maximum Gasteiger partial charge on any atom is 0.251 e. The average molecular weight is 401 g/mol. The Balaban J connectivity index is 1.75. The number of rotatable bonds is 6. The van der Waals surface area contributed by atoms with Gasteiger partial charge in [0, 0.05) is 63.1 Å². The standard InChI is InChI=1S/C22H29ClN4O/c1-25(2)20-9-7-17(8-10-20)21(27-13-11-26(3)12-14-27)16-24-22(28)18-5-4-6-19(23)15-18/h4-10,15,21H,11-14,16H2,1-3H3,(H,24,28)/t21-/m0/s1. The third-order valence-electron chi connectivity index (χ3n) is 5.32. The minimum absolute atomic E-state index is 0.0912. The van der Waals surface area contributed by atoms with Crippen LogP contribution in [-0.4, -0.2) is 69.6 Å². The van der Waals surface area contributed by atoms with Crippen molar-refractivity contribution in [2.24, 2.45) is 0 Å². The highest BCUT2D eigenvalue weighted by atomic mass is 35.5. The minimum Gasteiger partial charge on any atom is -0.378 e. The van der Waals surface area contributed by atoms with Crippen LogP contribution in [0, 0.1) is 0 Å². The molecule has 0 radical (unpaired) electrons. The van der Waals surface area contributed by atoms with Crippen LogP contribution < -0.4 is 10.2 Å². The average Bonchev–Trinajstić information content (AvgIpc) is 2.69. The Hall–Kier alpha value is -2.08. The first-order valence-corrected chi connectivity index (χ1v) is 10.1. The van der Waals surface area contributed by atoms with E-state index in [1.165, 1.54) is 11.3 Å². The maximum absolute atomic E-state index is 12.6. The van der Waals surface area contributed by atoms with Crippen LogP contribution in [0.25, 0.3) is 0 Å². The van der Waals surface area contributed by atoms with E-state index >= 15 is 0 Å². The molecule has 1 fully saturated rings. The van der Waals surface area contributed by atoms with E-state index in [0.717, 1.165) is 26.2 Å². The van der Waals surface area contributed by atoms with E-state index in [4.69, 9.17) is 11.6 Å². The molecule has 0 saturated carbocycles. The van der Waals surface area contributed by atoms with Gasteiger partial charge in [-0.2, -0.15) is 0 Å². The molecular weight excluding hydrogens is 372 g/mol. The number of piperazine rings is 1. The van der Waals surface area contributed by atoms with Crippen molar-refractivity contribution in [1.29, 1.82) is 0 Å². The fourth-order valence-corrected chi connectivity index (χ4v) is 3.70. The highest BCUT2D eigenvalue weighted by Gasteiger charge is 2.24. The highest BCUT2D eigenvalue weighted by molar-refractivity contribution is 6.30. The Morgan fingerprint density at radius 2 is 1.79 bits per heavy atom. The second kappa shape index (κ2) is 9.41. The van der Waals surface area contributed by atoms with E-state index in [1.807, 2.05) is 14.1 Å². The van der Waals surface area contributed by atoms with Gasteiger partial charge in [-0.15, -0.1) is 0 Å². The molecule has 1 amide bonds. The molecule has 0 spiro atoms.